The Labute approximate surface area is 202 Å². The summed E-state index contributed by atoms with van der Waals surface area (Å²) in [6.45, 7) is 3.09. The standard InChI is InChI=1S/C24H25ClN4O3S/c1-3-28-21(16-9-13-19(32-2)14-10-16)26-27-24(28)33-20-6-4-5-15-29(23(20)31)22(30)17-7-11-18(25)12-8-17/h7-14,20H,3-6,15H2,1-2H3/t20-/m0/s1. The molecule has 172 valence electrons. The number of hydrogen-bond donors (Lipinski definition) is 0. The third-order valence-corrected chi connectivity index (χ3v) is 7.09. The summed E-state index contributed by atoms with van der Waals surface area (Å²) in [4.78, 5) is 27.8. The van der Waals surface area contributed by atoms with Crippen LogP contribution in [0, 0.1) is 0 Å². The van der Waals surface area contributed by atoms with E-state index in [9.17, 15) is 9.59 Å². The number of carbonyl (C=O) groups excluding carboxylic acids is 2. The number of nitrogens with zero attached hydrogens (tertiary/aromatic N) is 4. The fourth-order valence-electron chi connectivity index (χ4n) is 3.81. The Morgan fingerprint density at radius 2 is 1.85 bits per heavy atom. The summed E-state index contributed by atoms with van der Waals surface area (Å²) in [7, 11) is 1.63. The van der Waals surface area contributed by atoms with Gasteiger partial charge in [0.15, 0.2) is 11.0 Å². The molecule has 0 bridgehead atoms. The van der Waals surface area contributed by atoms with E-state index in [0.29, 0.717) is 35.3 Å². The first kappa shape index (κ1) is 23.3. The molecule has 1 fully saturated rings. The molecular weight excluding hydrogens is 460 g/mol. The van der Waals surface area contributed by atoms with E-state index in [-0.39, 0.29) is 11.8 Å². The molecule has 1 atom stereocenters. The van der Waals surface area contributed by atoms with Gasteiger partial charge in [0.1, 0.15) is 5.75 Å². The van der Waals surface area contributed by atoms with E-state index >= 15 is 0 Å². The van der Waals surface area contributed by atoms with Crippen molar-refractivity contribution in [3.05, 3.63) is 59.1 Å². The zero-order valence-electron chi connectivity index (χ0n) is 18.5. The molecule has 0 spiro atoms. The summed E-state index contributed by atoms with van der Waals surface area (Å²) in [5.74, 6) is 1.03. The normalized spacial score (nSPS) is 16.5. The zero-order valence-corrected chi connectivity index (χ0v) is 20.1. The first-order valence-electron chi connectivity index (χ1n) is 10.9. The molecule has 9 heteroatoms. The Kier molecular flexibility index (Phi) is 7.35. The topological polar surface area (TPSA) is 77.3 Å². The quantitative estimate of drug-likeness (QED) is 0.461. The van der Waals surface area contributed by atoms with Crippen LogP contribution in [0.3, 0.4) is 0 Å². The van der Waals surface area contributed by atoms with Crippen molar-refractivity contribution >= 4 is 35.2 Å². The Morgan fingerprint density at radius 3 is 2.52 bits per heavy atom. The van der Waals surface area contributed by atoms with E-state index < -0.39 is 5.25 Å². The second-order valence-corrected chi connectivity index (χ2v) is 9.29. The molecule has 2 aromatic carbocycles. The van der Waals surface area contributed by atoms with Gasteiger partial charge in [0, 0.05) is 29.2 Å². The van der Waals surface area contributed by atoms with Crippen LogP contribution in [0.25, 0.3) is 11.4 Å². The number of rotatable bonds is 6. The number of imide groups is 1. The molecule has 3 aromatic rings. The number of benzene rings is 2. The Morgan fingerprint density at radius 1 is 1.12 bits per heavy atom. The number of hydrogen-bond acceptors (Lipinski definition) is 6. The first-order chi connectivity index (χ1) is 16.0. The highest BCUT2D eigenvalue weighted by Gasteiger charge is 2.33. The maximum absolute atomic E-state index is 13.4. The van der Waals surface area contributed by atoms with Crippen LogP contribution in [-0.4, -0.2) is 50.4 Å². The minimum absolute atomic E-state index is 0.186. The highest BCUT2D eigenvalue weighted by Crippen LogP contribution is 2.32. The van der Waals surface area contributed by atoms with Crippen LogP contribution in [0.15, 0.2) is 53.7 Å². The van der Waals surface area contributed by atoms with Gasteiger partial charge in [-0.1, -0.05) is 29.8 Å². The highest BCUT2D eigenvalue weighted by atomic mass is 35.5. The van der Waals surface area contributed by atoms with Crippen LogP contribution < -0.4 is 4.74 Å². The summed E-state index contributed by atoms with van der Waals surface area (Å²) in [6.07, 6.45) is 2.32. The highest BCUT2D eigenvalue weighted by molar-refractivity contribution is 8.00. The van der Waals surface area contributed by atoms with Crippen LogP contribution in [-0.2, 0) is 11.3 Å². The van der Waals surface area contributed by atoms with E-state index in [4.69, 9.17) is 16.3 Å². The maximum atomic E-state index is 13.4. The van der Waals surface area contributed by atoms with E-state index in [1.165, 1.54) is 16.7 Å². The lowest BCUT2D eigenvalue weighted by Crippen LogP contribution is -2.41. The predicted molar refractivity (Wildman–Crippen MR) is 129 cm³/mol. The van der Waals surface area contributed by atoms with Crippen molar-refractivity contribution in [1.82, 2.24) is 19.7 Å². The fourth-order valence-corrected chi connectivity index (χ4v) is 5.13. The monoisotopic (exact) mass is 484 g/mol. The van der Waals surface area contributed by atoms with Crippen molar-refractivity contribution in [2.75, 3.05) is 13.7 Å². The number of likely N-dealkylation sites (tertiary alicyclic amines) is 1. The summed E-state index contributed by atoms with van der Waals surface area (Å²) in [5.41, 5.74) is 1.38. The molecule has 7 nitrogen and oxygen atoms in total. The molecule has 0 N–H and O–H groups in total. The van der Waals surface area contributed by atoms with Crippen LogP contribution in [0.2, 0.25) is 5.02 Å². The molecule has 0 radical (unpaired) electrons. The Balaban J connectivity index is 1.56. The number of methoxy groups -OCH3 is 1. The van der Waals surface area contributed by atoms with Crippen LogP contribution in [0.1, 0.15) is 36.5 Å². The van der Waals surface area contributed by atoms with E-state index in [1.807, 2.05) is 35.8 Å². The van der Waals surface area contributed by atoms with Gasteiger partial charge in [-0.05, 0) is 68.3 Å². The molecular formula is C24H25ClN4O3S. The Hall–Kier alpha value is -2.84. The smallest absolute Gasteiger partial charge is 0.260 e. The molecule has 1 saturated heterocycles. The van der Waals surface area contributed by atoms with Crippen LogP contribution >= 0.6 is 23.4 Å². The van der Waals surface area contributed by atoms with Crippen LogP contribution in [0.5, 0.6) is 5.75 Å². The van der Waals surface area contributed by atoms with Crippen molar-refractivity contribution in [1.29, 1.82) is 0 Å². The van der Waals surface area contributed by atoms with Gasteiger partial charge in [-0.25, -0.2) is 0 Å². The second kappa shape index (κ2) is 10.4. The van der Waals surface area contributed by atoms with Crippen LogP contribution in [0.4, 0.5) is 0 Å². The third kappa shape index (κ3) is 5.07. The predicted octanol–water partition coefficient (Wildman–Crippen LogP) is 4.94. The molecule has 2 amide bonds. The van der Waals surface area contributed by atoms with Crippen molar-refractivity contribution in [3.63, 3.8) is 0 Å². The summed E-state index contributed by atoms with van der Waals surface area (Å²) in [6, 6.07) is 14.3. The van der Waals surface area contributed by atoms with Gasteiger partial charge < -0.3 is 9.30 Å². The average Bonchev–Trinajstić information content (AvgIpc) is 3.16. The Bertz CT molecular complexity index is 1130. The van der Waals surface area contributed by atoms with Crippen molar-refractivity contribution < 1.29 is 14.3 Å². The lowest BCUT2D eigenvalue weighted by atomic mass is 10.2. The minimum atomic E-state index is -0.401. The molecule has 0 aliphatic carbocycles. The fraction of sp³-hybridized carbons (Fsp3) is 0.333. The molecule has 1 aliphatic heterocycles. The van der Waals surface area contributed by atoms with Gasteiger partial charge >= 0.3 is 0 Å². The van der Waals surface area contributed by atoms with Gasteiger partial charge in [-0.2, -0.15) is 0 Å². The van der Waals surface area contributed by atoms with Gasteiger partial charge in [0.05, 0.1) is 12.4 Å². The maximum Gasteiger partial charge on any atom is 0.260 e. The molecule has 1 aromatic heterocycles. The summed E-state index contributed by atoms with van der Waals surface area (Å²) >= 11 is 7.32. The lowest BCUT2D eigenvalue weighted by Gasteiger charge is -2.22. The molecule has 33 heavy (non-hydrogen) atoms. The molecule has 0 unspecified atom stereocenters. The van der Waals surface area contributed by atoms with Gasteiger partial charge in [0.2, 0.25) is 5.91 Å². The summed E-state index contributed by atoms with van der Waals surface area (Å²) in [5, 5.41) is 9.58. The lowest BCUT2D eigenvalue weighted by molar-refractivity contribution is -0.127. The van der Waals surface area contributed by atoms with Gasteiger partial charge in [-0.3, -0.25) is 14.5 Å². The molecule has 1 aliphatic rings. The van der Waals surface area contributed by atoms with Crippen molar-refractivity contribution in [3.8, 4) is 17.1 Å². The van der Waals surface area contributed by atoms with Crippen molar-refractivity contribution in [2.24, 2.45) is 0 Å². The molecule has 2 heterocycles. The largest absolute Gasteiger partial charge is 0.497 e. The first-order valence-corrected chi connectivity index (χ1v) is 12.1. The number of halogens is 1. The van der Waals surface area contributed by atoms with E-state index in [0.717, 1.165) is 30.0 Å². The summed E-state index contributed by atoms with van der Waals surface area (Å²) < 4.78 is 7.23. The molecule has 4 rings (SSSR count). The van der Waals surface area contributed by atoms with Gasteiger partial charge in [-0.15, -0.1) is 10.2 Å². The SMILES string of the molecule is CCn1c(S[C@H]2CCCCN(C(=O)c3ccc(Cl)cc3)C2=O)nnc1-c1ccc(OC)cc1. The average molecular weight is 485 g/mol. The van der Waals surface area contributed by atoms with E-state index in [2.05, 4.69) is 10.2 Å². The van der Waals surface area contributed by atoms with Crippen molar-refractivity contribution in [2.45, 2.75) is 43.1 Å². The number of aromatic nitrogens is 3. The minimum Gasteiger partial charge on any atom is -0.497 e. The third-order valence-electron chi connectivity index (χ3n) is 5.60. The second-order valence-electron chi connectivity index (χ2n) is 7.68. The van der Waals surface area contributed by atoms with E-state index in [1.54, 1.807) is 31.4 Å². The van der Waals surface area contributed by atoms with Gasteiger partial charge in [0.25, 0.3) is 5.91 Å². The zero-order chi connectivity index (χ0) is 23.4. The number of thioether (sulfide) groups is 1. The number of ether oxygens (including phenoxy) is 1. The number of amides is 2. The molecule has 0 saturated carbocycles. The number of carbonyl (C=O) groups is 2.